The van der Waals surface area contributed by atoms with Crippen molar-refractivity contribution in [3.8, 4) is 5.75 Å². The van der Waals surface area contributed by atoms with Crippen LogP contribution >= 0.6 is 12.4 Å². The third-order valence-electron chi connectivity index (χ3n) is 4.35. The molecule has 3 N–H and O–H groups in total. The molecule has 1 saturated heterocycles. The molecule has 5 nitrogen and oxygen atoms in total. The predicted molar refractivity (Wildman–Crippen MR) is 103 cm³/mol. The molecular weight excluding hydrogens is 371 g/mol. The number of halogens is 2. The van der Waals surface area contributed by atoms with Crippen molar-refractivity contribution < 1.29 is 18.7 Å². The van der Waals surface area contributed by atoms with Gasteiger partial charge in [0, 0.05) is 13.1 Å². The van der Waals surface area contributed by atoms with Gasteiger partial charge in [-0.05, 0) is 48.2 Å². The van der Waals surface area contributed by atoms with E-state index in [1.54, 1.807) is 6.07 Å². The second kappa shape index (κ2) is 10.3. The normalized spacial score (nSPS) is 18.6. The summed E-state index contributed by atoms with van der Waals surface area (Å²) in [4.78, 5) is 12.1. The molecule has 27 heavy (non-hydrogen) atoms. The molecule has 0 radical (unpaired) electrons. The highest BCUT2D eigenvalue weighted by atomic mass is 35.5. The standard InChI is InChI=1S/C20H23FN2O3.ClH/c21-16-3-1-2-15(10-16)13-25-17-6-4-14(5-7-17)12-23-20(24)19-9-8-18(11-22)26-19;/h1-7,10,18-19H,8-9,11-13,22H2,(H,23,24);1H/t18-,19+;/m1./s1. The van der Waals surface area contributed by atoms with Gasteiger partial charge in [0.05, 0.1) is 6.10 Å². The fourth-order valence-corrected chi connectivity index (χ4v) is 2.87. The summed E-state index contributed by atoms with van der Waals surface area (Å²) >= 11 is 0. The van der Waals surface area contributed by atoms with Gasteiger partial charge in [-0.1, -0.05) is 24.3 Å². The van der Waals surface area contributed by atoms with E-state index >= 15 is 0 Å². The average molecular weight is 395 g/mol. The topological polar surface area (TPSA) is 73.6 Å². The van der Waals surface area contributed by atoms with Crippen LogP contribution < -0.4 is 15.8 Å². The lowest BCUT2D eigenvalue weighted by Gasteiger charge is -2.13. The number of rotatable bonds is 7. The molecule has 0 spiro atoms. The van der Waals surface area contributed by atoms with Crippen LogP contribution in [0.25, 0.3) is 0 Å². The number of nitrogens with one attached hydrogen (secondary N) is 1. The van der Waals surface area contributed by atoms with Crippen LogP contribution in [0.15, 0.2) is 48.5 Å². The number of nitrogens with two attached hydrogens (primary N) is 1. The van der Waals surface area contributed by atoms with E-state index in [9.17, 15) is 9.18 Å². The van der Waals surface area contributed by atoms with Gasteiger partial charge in [-0.25, -0.2) is 4.39 Å². The monoisotopic (exact) mass is 394 g/mol. The first kappa shape index (κ1) is 21.2. The summed E-state index contributed by atoms with van der Waals surface area (Å²) in [5.74, 6) is 0.308. The van der Waals surface area contributed by atoms with Crippen LogP contribution in [0.4, 0.5) is 4.39 Å². The van der Waals surface area contributed by atoms with E-state index < -0.39 is 6.10 Å². The minimum absolute atomic E-state index is 0. The highest BCUT2D eigenvalue weighted by molar-refractivity contribution is 5.85. The SMILES string of the molecule is Cl.NC[C@H]1CC[C@@H](C(=O)NCc2ccc(OCc3cccc(F)c3)cc2)O1. The van der Waals surface area contributed by atoms with E-state index in [-0.39, 0.29) is 30.2 Å². The Hall–Kier alpha value is -2.15. The van der Waals surface area contributed by atoms with E-state index in [1.165, 1.54) is 12.1 Å². The summed E-state index contributed by atoms with van der Waals surface area (Å²) in [6, 6.07) is 13.8. The molecule has 0 bridgehead atoms. The molecule has 0 aliphatic carbocycles. The largest absolute Gasteiger partial charge is 0.489 e. The van der Waals surface area contributed by atoms with Crippen molar-refractivity contribution in [1.82, 2.24) is 5.32 Å². The van der Waals surface area contributed by atoms with Crippen LogP contribution in [0.5, 0.6) is 5.75 Å². The first-order valence-electron chi connectivity index (χ1n) is 8.73. The quantitative estimate of drug-likeness (QED) is 0.757. The van der Waals surface area contributed by atoms with Gasteiger partial charge in [0.2, 0.25) is 5.91 Å². The lowest BCUT2D eigenvalue weighted by Crippen LogP contribution is -2.35. The molecule has 1 amide bonds. The second-order valence-corrected chi connectivity index (χ2v) is 6.34. The lowest BCUT2D eigenvalue weighted by molar-refractivity contribution is -0.132. The maximum Gasteiger partial charge on any atom is 0.249 e. The van der Waals surface area contributed by atoms with Crippen LogP contribution in [-0.4, -0.2) is 24.7 Å². The highest BCUT2D eigenvalue weighted by Gasteiger charge is 2.29. The zero-order valence-corrected chi connectivity index (χ0v) is 15.7. The summed E-state index contributed by atoms with van der Waals surface area (Å²) in [6.45, 7) is 1.17. The molecule has 2 aromatic carbocycles. The number of hydrogen-bond acceptors (Lipinski definition) is 4. The van der Waals surface area contributed by atoms with E-state index in [0.29, 0.717) is 31.9 Å². The van der Waals surface area contributed by atoms with Crippen molar-refractivity contribution >= 4 is 18.3 Å². The Kier molecular flexibility index (Phi) is 8.03. The van der Waals surface area contributed by atoms with Crippen molar-refractivity contribution in [2.45, 2.75) is 38.2 Å². The molecular formula is C20H24ClFN2O3. The van der Waals surface area contributed by atoms with Crippen LogP contribution in [-0.2, 0) is 22.7 Å². The Morgan fingerprint density at radius 1 is 1.19 bits per heavy atom. The van der Waals surface area contributed by atoms with Crippen molar-refractivity contribution in [3.63, 3.8) is 0 Å². The summed E-state index contributed by atoms with van der Waals surface area (Å²) in [5, 5.41) is 2.88. The lowest BCUT2D eigenvalue weighted by atomic mass is 10.1. The summed E-state index contributed by atoms with van der Waals surface area (Å²) in [7, 11) is 0. The zero-order valence-electron chi connectivity index (χ0n) is 14.9. The van der Waals surface area contributed by atoms with Crippen molar-refractivity contribution in [1.29, 1.82) is 0 Å². The molecule has 2 aromatic rings. The Bertz CT molecular complexity index is 742. The van der Waals surface area contributed by atoms with Crippen LogP contribution in [0.1, 0.15) is 24.0 Å². The van der Waals surface area contributed by atoms with Crippen molar-refractivity contribution in [2.75, 3.05) is 6.54 Å². The van der Waals surface area contributed by atoms with Crippen molar-refractivity contribution in [3.05, 3.63) is 65.5 Å². The Balaban J connectivity index is 0.00000261. The van der Waals surface area contributed by atoms with Crippen molar-refractivity contribution in [2.24, 2.45) is 5.73 Å². The van der Waals surface area contributed by atoms with E-state index in [2.05, 4.69) is 5.32 Å². The van der Waals surface area contributed by atoms with Gasteiger partial charge in [0.1, 0.15) is 24.3 Å². The average Bonchev–Trinajstić information content (AvgIpc) is 3.15. The first-order chi connectivity index (χ1) is 12.6. The molecule has 1 aliphatic heterocycles. The van der Waals surface area contributed by atoms with Gasteiger partial charge in [-0.15, -0.1) is 12.4 Å². The fraction of sp³-hybridized carbons (Fsp3) is 0.350. The number of ether oxygens (including phenoxy) is 2. The van der Waals surface area contributed by atoms with Gasteiger partial charge in [0.15, 0.2) is 0 Å². The Morgan fingerprint density at radius 3 is 2.63 bits per heavy atom. The van der Waals surface area contributed by atoms with Crippen LogP contribution in [0.3, 0.4) is 0 Å². The smallest absolute Gasteiger partial charge is 0.249 e. The zero-order chi connectivity index (χ0) is 18.4. The van der Waals surface area contributed by atoms with E-state index in [0.717, 1.165) is 17.5 Å². The second-order valence-electron chi connectivity index (χ2n) is 6.34. The predicted octanol–water partition coefficient (Wildman–Crippen LogP) is 2.95. The molecule has 146 valence electrons. The van der Waals surface area contributed by atoms with Crippen LogP contribution in [0.2, 0.25) is 0 Å². The van der Waals surface area contributed by atoms with Gasteiger partial charge >= 0.3 is 0 Å². The Labute approximate surface area is 164 Å². The summed E-state index contributed by atoms with van der Waals surface area (Å²) < 4.78 is 24.4. The van der Waals surface area contributed by atoms with Gasteiger partial charge in [0.25, 0.3) is 0 Å². The Morgan fingerprint density at radius 2 is 1.96 bits per heavy atom. The first-order valence-corrected chi connectivity index (χ1v) is 8.73. The van der Waals surface area contributed by atoms with E-state index in [4.69, 9.17) is 15.2 Å². The number of carbonyl (C=O) groups is 1. The summed E-state index contributed by atoms with van der Waals surface area (Å²) in [5.41, 5.74) is 7.29. The summed E-state index contributed by atoms with van der Waals surface area (Å²) in [6.07, 6.45) is 1.12. The molecule has 7 heteroatoms. The molecule has 0 aromatic heterocycles. The maximum absolute atomic E-state index is 13.1. The molecule has 1 fully saturated rings. The van der Waals surface area contributed by atoms with Gasteiger partial charge in [-0.3, -0.25) is 4.79 Å². The van der Waals surface area contributed by atoms with Crippen LogP contribution in [0, 0.1) is 5.82 Å². The molecule has 0 unspecified atom stereocenters. The van der Waals surface area contributed by atoms with E-state index in [1.807, 2.05) is 30.3 Å². The minimum atomic E-state index is -0.405. The fourth-order valence-electron chi connectivity index (χ4n) is 2.87. The number of amides is 1. The molecule has 3 rings (SSSR count). The number of hydrogen-bond donors (Lipinski definition) is 2. The molecule has 2 atom stereocenters. The highest BCUT2D eigenvalue weighted by Crippen LogP contribution is 2.19. The minimum Gasteiger partial charge on any atom is -0.489 e. The van der Waals surface area contributed by atoms with Gasteiger partial charge in [-0.2, -0.15) is 0 Å². The third kappa shape index (κ3) is 6.20. The third-order valence-corrected chi connectivity index (χ3v) is 4.35. The number of carbonyl (C=O) groups excluding carboxylic acids is 1. The number of benzene rings is 2. The van der Waals surface area contributed by atoms with Gasteiger partial charge < -0.3 is 20.5 Å². The maximum atomic E-state index is 13.1. The molecule has 1 heterocycles. The molecule has 0 saturated carbocycles. The molecule has 1 aliphatic rings.